The van der Waals surface area contributed by atoms with Gasteiger partial charge in [-0.1, -0.05) is 163 Å². The van der Waals surface area contributed by atoms with Crippen LogP contribution in [0.5, 0.6) is 0 Å². The molecule has 3 aromatic heterocycles. The highest BCUT2D eigenvalue weighted by Gasteiger charge is 2.23. The molecule has 7 aromatic carbocycles. The van der Waals surface area contributed by atoms with E-state index in [1.54, 1.807) is 18.5 Å². The van der Waals surface area contributed by atoms with Crippen molar-refractivity contribution in [1.82, 2.24) is 9.55 Å². The normalized spacial score (nSPS) is 13.1. The maximum atomic E-state index is 14.5. The Morgan fingerprint density at radius 2 is 1.27 bits per heavy atom. The van der Waals surface area contributed by atoms with E-state index in [9.17, 15) is 4.79 Å². The van der Waals surface area contributed by atoms with Crippen LogP contribution in [0.1, 0.15) is 75.4 Å². The van der Waals surface area contributed by atoms with Crippen molar-refractivity contribution in [2.75, 3.05) is 10.6 Å². The minimum atomic E-state index is -0.452. The number of carbonyl (C=O) groups is 1. The molecule has 0 saturated carbocycles. The molecule has 6 heteroatoms. The Morgan fingerprint density at radius 3 is 2.02 bits per heavy atom. The number of hydrogen-bond acceptors (Lipinski definition) is 5. The molecule has 0 unspecified atom stereocenters. The summed E-state index contributed by atoms with van der Waals surface area (Å²) in [5.74, 6) is 0.570. The predicted octanol–water partition coefficient (Wildman–Crippen LogP) is 15.6. The first kappa shape index (κ1) is 34.8. The van der Waals surface area contributed by atoms with Crippen LogP contribution in [-0.2, 0) is 10.8 Å². The average Bonchev–Trinajstić information content (AvgIpc) is 3.95. The van der Waals surface area contributed by atoms with Crippen molar-refractivity contribution in [2.45, 2.75) is 52.4 Å². The molecule has 0 aliphatic rings. The summed E-state index contributed by atoms with van der Waals surface area (Å²) in [6.07, 6.45) is 3.37. The van der Waals surface area contributed by atoms with E-state index >= 15 is 0 Å². The number of nitrogens with zero attached hydrogens (tertiary/aromatic N) is 2. The first-order valence-corrected chi connectivity index (χ1v) is 21.5. The van der Waals surface area contributed by atoms with Gasteiger partial charge in [-0.15, -0.1) is 0 Å². The Balaban J connectivity index is 1.05. The molecule has 6 nitrogen and oxygen atoms in total. The second-order valence-corrected chi connectivity index (χ2v) is 18.3. The number of carbonyl (C=O) groups excluding carboxylic acids is 1. The lowest BCUT2D eigenvalue weighted by atomic mass is 9.78. The molecule has 2 N–H and O–H groups in total. The van der Waals surface area contributed by atoms with Gasteiger partial charge in [0.2, 0.25) is 0 Å². The van der Waals surface area contributed by atoms with Gasteiger partial charge < -0.3 is 15.1 Å². The van der Waals surface area contributed by atoms with Crippen LogP contribution in [0.3, 0.4) is 0 Å². The maximum Gasteiger partial charge on any atom is 0.193 e. The third-order valence-corrected chi connectivity index (χ3v) is 11.9. The number of anilines is 4. The molecule has 0 saturated heterocycles. The lowest BCUT2D eigenvalue weighted by Crippen LogP contribution is -2.16. The maximum absolute atomic E-state index is 14.5. The van der Waals surface area contributed by atoms with Crippen LogP contribution in [-0.4, -0.2) is 15.3 Å². The van der Waals surface area contributed by atoms with E-state index < -0.39 is 18.1 Å². The van der Waals surface area contributed by atoms with Crippen LogP contribution in [0.15, 0.2) is 187 Å². The lowest BCUT2D eigenvalue weighted by molar-refractivity contribution is 0.103. The van der Waals surface area contributed by atoms with Crippen molar-refractivity contribution in [2.24, 2.45) is 0 Å². The first-order valence-electron chi connectivity index (χ1n) is 24.0. The highest BCUT2D eigenvalue weighted by atomic mass is 16.3. The summed E-state index contributed by atoms with van der Waals surface area (Å²) in [6.45, 7) is 13.1. The predicted molar refractivity (Wildman–Crippen MR) is 266 cm³/mol. The quantitative estimate of drug-likeness (QED) is 0.142. The summed E-state index contributed by atoms with van der Waals surface area (Å²) in [7, 11) is 0. The van der Waals surface area contributed by atoms with Crippen LogP contribution >= 0.6 is 0 Å². The van der Waals surface area contributed by atoms with Crippen molar-refractivity contribution in [1.29, 1.82) is 0 Å². The van der Waals surface area contributed by atoms with E-state index in [-0.39, 0.29) is 34.3 Å². The molecular formula is C58H50N4O2. The van der Waals surface area contributed by atoms with Crippen LogP contribution in [0.2, 0.25) is 0 Å². The number of ketones is 1. The van der Waals surface area contributed by atoms with Crippen LogP contribution in [0.4, 0.5) is 22.7 Å². The van der Waals surface area contributed by atoms with Gasteiger partial charge in [-0.05, 0) is 81.6 Å². The van der Waals surface area contributed by atoms with Crippen LogP contribution in [0, 0.1) is 0 Å². The summed E-state index contributed by atoms with van der Waals surface area (Å²) in [5.41, 5.74) is 10.4. The van der Waals surface area contributed by atoms with Crippen LogP contribution < -0.4 is 10.6 Å². The Morgan fingerprint density at radius 1 is 0.609 bits per heavy atom. The molecule has 314 valence electrons. The van der Waals surface area contributed by atoms with Gasteiger partial charge in [-0.2, -0.15) is 0 Å². The average molecular weight is 840 g/mol. The fourth-order valence-corrected chi connectivity index (χ4v) is 8.40. The molecule has 0 atom stereocenters. The van der Waals surface area contributed by atoms with Crippen molar-refractivity contribution in [3.8, 4) is 28.1 Å². The Labute approximate surface area is 381 Å². The minimum Gasteiger partial charge on any atom is -0.463 e. The van der Waals surface area contributed by atoms with Gasteiger partial charge in [0.15, 0.2) is 11.4 Å². The SMILES string of the molecule is [2H]c1c([2H])c([2H])c(-c2cccc(-c3cc(C(C)(C)C)cc(C(C)(C)C)c3)c2Nc2ccccc2Nc2cccc(C(=O)c3ccc4c5ccccc5n(-c5cc6ccoc6cn5)c4c3)c2)c([2H])c1[2H]. The number of benzene rings is 7. The molecule has 3 heterocycles. The largest absolute Gasteiger partial charge is 0.463 e. The molecular weight excluding hydrogens is 785 g/mol. The molecule has 10 rings (SSSR count). The fourth-order valence-electron chi connectivity index (χ4n) is 8.40. The zero-order valence-electron chi connectivity index (χ0n) is 41.6. The molecule has 0 aliphatic carbocycles. The standard InChI is InChI=1S/C58H50N4O2/c1-57(2,3)42-30-41(31-43(35-42)58(4,5)6)46-22-15-21-45(37-16-8-7-9-17-37)55(46)61-50-24-12-11-23-49(50)60-44-19-14-18-39(32-44)56(63)40-26-27-48-47-20-10-13-25-51(47)62(52(48)33-40)54-34-38-28-29-64-53(38)36-59-54/h7-36,60-61H,1-6H3/i7D,8D,9D,16D,17D. The monoisotopic (exact) mass is 839 g/mol. The number of nitrogens with one attached hydrogen (secondary N) is 2. The summed E-state index contributed by atoms with van der Waals surface area (Å²) in [4.78, 5) is 19.3. The van der Waals surface area contributed by atoms with E-state index in [0.717, 1.165) is 49.4 Å². The number of aromatic nitrogens is 2. The van der Waals surface area contributed by atoms with Crippen LogP contribution in [0.25, 0.3) is 60.8 Å². The van der Waals surface area contributed by atoms with Gasteiger partial charge in [0.05, 0.1) is 47.4 Å². The van der Waals surface area contributed by atoms with E-state index in [1.807, 2.05) is 103 Å². The molecule has 0 aliphatic heterocycles. The van der Waals surface area contributed by atoms with E-state index in [0.29, 0.717) is 50.8 Å². The Hall–Kier alpha value is -7.70. The molecule has 0 amide bonds. The molecule has 0 radical (unpaired) electrons. The second kappa shape index (κ2) is 15.9. The third-order valence-electron chi connectivity index (χ3n) is 11.9. The zero-order chi connectivity index (χ0) is 48.5. The number of pyridine rings is 1. The number of hydrogen-bond donors (Lipinski definition) is 2. The van der Waals surface area contributed by atoms with Gasteiger partial charge in [0.1, 0.15) is 5.82 Å². The fraction of sp³-hybridized carbons (Fsp3) is 0.138. The number of fused-ring (bicyclic) bond motifs is 4. The lowest BCUT2D eigenvalue weighted by Gasteiger charge is -2.27. The van der Waals surface area contributed by atoms with E-state index in [4.69, 9.17) is 16.3 Å². The molecule has 64 heavy (non-hydrogen) atoms. The summed E-state index contributed by atoms with van der Waals surface area (Å²) in [6, 6.07) is 43.4. The van der Waals surface area contributed by atoms with Gasteiger partial charge >= 0.3 is 0 Å². The Bertz CT molecular complexity index is 3630. The van der Waals surface area contributed by atoms with Crippen molar-refractivity contribution >= 4 is 61.3 Å². The highest BCUT2D eigenvalue weighted by molar-refractivity contribution is 6.15. The number of furan rings is 1. The topological polar surface area (TPSA) is 72.1 Å². The summed E-state index contributed by atoms with van der Waals surface area (Å²) in [5, 5.41) is 10.2. The van der Waals surface area contributed by atoms with Gasteiger partial charge in [-0.3, -0.25) is 9.36 Å². The second-order valence-electron chi connectivity index (χ2n) is 18.3. The zero-order valence-corrected chi connectivity index (χ0v) is 36.6. The number of para-hydroxylation sites is 4. The molecule has 0 fully saturated rings. The third kappa shape index (κ3) is 7.62. The number of rotatable bonds is 9. The van der Waals surface area contributed by atoms with Crippen molar-refractivity contribution in [3.63, 3.8) is 0 Å². The molecule has 10 aromatic rings. The van der Waals surface area contributed by atoms with Gasteiger partial charge in [0, 0.05) is 44.1 Å². The molecule has 0 bridgehead atoms. The minimum absolute atomic E-state index is 0.0962. The highest BCUT2D eigenvalue weighted by Crippen LogP contribution is 2.43. The van der Waals surface area contributed by atoms with E-state index in [1.165, 1.54) is 0 Å². The van der Waals surface area contributed by atoms with Crippen molar-refractivity contribution < 1.29 is 16.1 Å². The summed E-state index contributed by atoms with van der Waals surface area (Å²) >= 11 is 0. The van der Waals surface area contributed by atoms with Crippen molar-refractivity contribution in [3.05, 3.63) is 204 Å². The van der Waals surface area contributed by atoms with Gasteiger partial charge in [0.25, 0.3) is 0 Å². The Kier molecular flexibility index (Phi) is 8.65. The van der Waals surface area contributed by atoms with Gasteiger partial charge in [-0.25, -0.2) is 4.98 Å². The summed E-state index contributed by atoms with van der Waals surface area (Å²) < 4.78 is 51.3. The first-order chi connectivity index (χ1) is 33.0. The smallest absolute Gasteiger partial charge is 0.193 e. The molecule has 0 spiro atoms. The van der Waals surface area contributed by atoms with E-state index in [2.05, 4.69) is 87.1 Å².